The molecule has 5 rings (SSSR count). The number of rotatable bonds is 6. The average Bonchev–Trinajstić information content (AvgIpc) is 2.94. The Bertz CT molecular complexity index is 1210. The Balaban J connectivity index is 1.21. The lowest BCUT2D eigenvalue weighted by Crippen LogP contribution is -2.54. The van der Waals surface area contributed by atoms with Crippen LogP contribution in [0.15, 0.2) is 42.5 Å². The van der Waals surface area contributed by atoms with E-state index in [0.717, 1.165) is 12.6 Å². The first-order valence-electron chi connectivity index (χ1n) is 13.9. The lowest BCUT2D eigenvalue weighted by molar-refractivity contribution is -0.134. The third-order valence-electron chi connectivity index (χ3n) is 8.08. The van der Waals surface area contributed by atoms with Gasteiger partial charge in [-0.1, -0.05) is 25.3 Å². The maximum Gasteiger partial charge on any atom is 0.257 e. The Hall–Kier alpha value is -3.46. The minimum Gasteiger partial charge on any atom is -0.490 e. The molecule has 2 N–H and O–H groups in total. The van der Waals surface area contributed by atoms with Crippen LogP contribution in [-0.2, 0) is 9.53 Å². The molecule has 2 fully saturated rings. The molecule has 2 aromatic carbocycles. The zero-order valence-corrected chi connectivity index (χ0v) is 22.3. The summed E-state index contributed by atoms with van der Waals surface area (Å²) in [6.07, 6.45) is 7.25. The van der Waals surface area contributed by atoms with E-state index in [1.807, 2.05) is 0 Å². The Morgan fingerprint density at radius 1 is 1.05 bits per heavy atom. The first-order valence-corrected chi connectivity index (χ1v) is 13.9. The lowest BCUT2D eigenvalue weighted by Gasteiger charge is -2.42. The van der Waals surface area contributed by atoms with Gasteiger partial charge in [0, 0.05) is 24.8 Å². The van der Waals surface area contributed by atoms with Crippen molar-refractivity contribution in [3.63, 3.8) is 0 Å². The number of nitrogens with zero attached hydrogens (tertiary/aromatic N) is 1. The topological polar surface area (TPSA) is 97.0 Å². The van der Waals surface area contributed by atoms with E-state index in [1.165, 1.54) is 50.3 Å². The molecule has 3 aliphatic rings. The van der Waals surface area contributed by atoms with Gasteiger partial charge in [0.25, 0.3) is 11.8 Å². The van der Waals surface area contributed by atoms with Gasteiger partial charge in [0.2, 0.25) is 5.91 Å². The molecule has 0 aromatic heterocycles. The second-order valence-corrected chi connectivity index (χ2v) is 10.9. The largest absolute Gasteiger partial charge is 0.490 e. The van der Waals surface area contributed by atoms with Gasteiger partial charge in [-0.05, 0) is 68.0 Å². The maximum atomic E-state index is 13.5. The van der Waals surface area contributed by atoms with E-state index in [4.69, 9.17) is 9.47 Å². The van der Waals surface area contributed by atoms with Crippen molar-refractivity contribution in [2.45, 2.75) is 69.6 Å². The molecular weight excluding hydrogens is 501 g/mol. The summed E-state index contributed by atoms with van der Waals surface area (Å²) in [7, 11) is 1.74. The van der Waals surface area contributed by atoms with Crippen LogP contribution in [0.3, 0.4) is 0 Å². The molecule has 208 valence electrons. The molecule has 8 nitrogen and oxygen atoms in total. The molecule has 0 unspecified atom stereocenters. The van der Waals surface area contributed by atoms with Crippen molar-refractivity contribution in [3.05, 3.63) is 59.4 Å². The Kier molecular flexibility index (Phi) is 8.45. The molecule has 3 amide bonds. The monoisotopic (exact) mass is 537 g/mol. The minimum atomic E-state index is -0.502. The third kappa shape index (κ3) is 6.58. The zero-order chi connectivity index (χ0) is 27.4. The van der Waals surface area contributed by atoms with Gasteiger partial charge in [-0.3, -0.25) is 14.4 Å². The number of hydrogen-bond acceptors (Lipinski definition) is 5. The summed E-state index contributed by atoms with van der Waals surface area (Å²) < 4.78 is 25.8. The second-order valence-electron chi connectivity index (χ2n) is 10.9. The Morgan fingerprint density at radius 2 is 1.87 bits per heavy atom. The number of fused-ring (bicyclic) bond motifs is 2. The summed E-state index contributed by atoms with van der Waals surface area (Å²) in [5, 5.41) is 5.82. The van der Waals surface area contributed by atoms with Gasteiger partial charge in [-0.25, -0.2) is 4.39 Å². The average molecular weight is 538 g/mol. The maximum absolute atomic E-state index is 13.5. The molecule has 1 saturated heterocycles. The third-order valence-corrected chi connectivity index (χ3v) is 8.08. The van der Waals surface area contributed by atoms with Gasteiger partial charge in [-0.15, -0.1) is 0 Å². The molecule has 9 heteroatoms. The van der Waals surface area contributed by atoms with Gasteiger partial charge in [-0.2, -0.15) is 0 Å². The molecule has 3 atom stereocenters. The minimum absolute atomic E-state index is 0.0124. The quantitative estimate of drug-likeness (QED) is 0.564. The van der Waals surface area contributed by atoms with E-state index in [-0.39, 0.29) is 42.2 Å². The second kappa shape index (κ2) is 12.2. The summed E-state index contributed by atoms with van der Waals surface area (Å²) in [5.74, 6) is -0.236. The van der Waals surface area contributed by atoms with Crippen LogP contribution in [0.5, 0.6) is 5.75 Å². The summed E-state index contributed by atoms with van der Waals surface area (Å²) >= 11 is 0. The number of benzene rings is 2. The van der Waals surface area contributed by atoms with Crippen LogP contribution < -0.4 is 15.4 Å². The van der Waals surface area contributed by atoms with Crippen LogP contribution in [-0.4, -0.2) is 61.1 Å². The first-order chi connectivity index (χ1) is 18.9. The van der Waals surface area contributed by atoms with E-state index in [2.05, 4.69) is 10.6 Å². The number of likely N-dealkylation sites (N-methyl/N-ethyl adjacent to an activating group) is 1. The fraction of sp³-hybridized carbons (Fsp3) is 0.500. The zero-order valence-electron chi connectivity index (χ0n) is 22.3. The molecule has 39 heavy (non-hydrogen) atoms. The van der Waals surface area contributed by atoms with Crippen molar-refractivity contribution in [1.29, 1.82) is 0 Å². The van der Waals surface area contributed by atoms with Crippen LogP contribution in [0.4, 0.5) is 10.1 Å². The molecule has 0 radical (unpaired) electrons. The first kappa shape index (κ1) is 27.1. The predicted molar refractivity (Wildman–Crippen MR) is 144 cm³/mol. The van der Waals surface area contributed by atoms with Crippen molar-refractivity contribution in [3.8, 4) is 5.75 Å². The lowest BCUT2D eigenvalue weighted by atomic mass is 9.89. The highest BCUT2D eigenvalue weighted by Crippen LogP contribution is 2.33. The fourth-order valence-electron chi connectivity index (χ4n) is 5.87. The smallest absolute Gasteiger partial charge is 0.257 e. The highest BCUT2D eigenvalue weighted by atomic mass is 19.1. The van der Waals surface area contributed by atoms with E-state index < -0.39 is 11.7 Å². The summed E-state index contributed by atoms with van der Waals surface area (Å²) in [6, 6.07) is 10.1. The number of ether oxygens (including phenoxy) is 2. The Labute approximate surface area is 228 Å². The van der Waals surface area contributed by atoms with Crippen LogP contribution in [0.2, 0.25) is 0 Å². The molecular formula is C30H36FN3O5. The van der Waals surface area contributed by atoms with Gasteiger partial charge in [0.05, 0.1) is 24.1 Å². The molecule has 1 aliphatic carbocycles. The molecule has 1 saturated carbocycles. The number of anilines is 1. The van der Waals surface area contributed by atoms with E-state index in [0.29, 0.717) is 42.2 Å². The van der Waals surface area contributed by atoms with Crippen LogP contribution in [0, 0.1) is 11.7 Å². The Morgan fingerprint density at radius 3 is 2.67 bits per heavy atom. The summed E-state index contributed by atoms with van der Waals surface area (Å²) in [6.45, 7) is 0.976. The number of hydrogen-bond donors (Lipinski definition) is 2. The normalized spacial score (nSPS) is 23.5. The van der Waals surface area contributed by atoms with Crippen molar-refractivity contribution in [2.24, 2.45) is 5.92 Å². The van der Waals surface area contributed by atoms with Crippen LogP contribution >= 0.6 is 0 Å². The van der Waals surface area contributed by atoms with Gasteiger partial charge < -0.3 is 25.0 Å². The van der Waals surface area contributed by atoms with Crippen molar-refractivity contribution < 1.29 is 28.2 Å². The number of nitrogens with one attached hydrogen (secondary N) is 2. The fourth-order valence-corrected chi connectivity index (χ4v) is 5.87. The standard InChI is InChI=1S/C30H36FN3O5/c1-34-25-12-11-23(16-28(35)32-17-19-6-3-2-4-7-19)39-27(25)18-38-26-13-10-22(15-24(26)30(34)37)33-29(36)20-8-5-9-21(31)14-20/h5,8-10,13-15,19,23,25,27H,2-4,6-7,11-12,16-18H2,1H3,(H,32,35)(H,33,36)/t23-,25-,27+/m1/s1. The van der Waals surface area contributed by atoms with E-state index in [1.54, 1.807) is 30.1 Å². The van der Waals surface area contributed by atoms with Crippen molar-refractivity contribution >= 4 is 23.4 Å². The highest BCUT2D eigenvalue weighted by Gasteiger charge is 2.39. The van der Waals surface area contributed by atoms with Gasteiger partial charge in [0.1, 0.15) is 24.3 Å². The van der Waals surface area contributed by atoms with Gasteiger partial charge in [0.15, 0.2) is 0 Å². The molecule has 0 spiro atoms. The van der Waals surface area contributed by atoms with Crippen molar-refractivity contribution in [2.75, 3.05) is 25.5 Å². The summed E-state index contributed by atoms with van der Waals surface area (Å²) in [5.41, 5.74) is 0.919. The number of carbonyl (C=O) groups excluding carboxylic acids is 3. The van der Waals surface area contributed by atoms with Crippen LogP contribution in [0.1, 0.15) is 72.1 Å². The van der Waals surface area contributed by atoms with E-state index >= 15 is 0 Å². The number of amides is 3. The number of halogens is 1. The molecule has 2 aliphatic heterocycles. The molecule has 0 bridgehead atoms. The predicted octanol–water partition coefficient (Wildman–Crippen LogP) is 4.55. The molecule has 2 heterocycles. The van der Waals surface area contributed by atoms with Crippen molar-refractivity contribution in [1.82, 2.24) is 10.2 Å². The highest BCUT2D eigenvalue weighted by molar-refractivity contribution is 6.05. The van der Waals surface area contributed by atoms with E-state index in [9.17, 15) is 18.8 Å². The SMILES string of the molecule is CN1C(=O)c2cc(NC(=O)c3cccc(F)c3)ccc2OC[C@@H]2O[C@@H](CC(=O)NCC3CCCCC3)CC[C@H]21. The van der Waals surface area contributed by atoms with Crippen LogP contribution in [0.25, 0.3) is 0 Å². The number of carbonyl (C=O) groups is 3. The van der Waals surface area contributed by atoms with Gasteiger partial charge >= 0.3 is 0 Å². The molecule has 2 aromatic rings. The summed E-state index contributed by atoms with van der Waals surface area (Å²) in [4.78, 5) is 40.3.